The molecule has 0 unspecified atom stereocenters. The average Bonchev–Trinajstić information content (AvgIpc) is 3.05. The first-order valence-electron chi connectivity index (χ1n) is 8.53. The van der Waals surface area contributed by atoms with Crippen molar-refractivity contribution in [3.05, 3.63) is 40.1 Å². The average molecular weight is 376 g/mol. The minimum atomic E-state index is -0.302. The van der Waals surface area contributed by atoms with E-state index in [-0.39, 0.29) is 24.0 Å². The first kappa shape index (κ1) is 18.8. The zero-order valence-electron chi connectivity index (χ0n) is 15.2. The van der Waals surface area contributed by atoms with Crippen LogP contribution in [-0.4, -0.2) is 53.2 Å². The van der Waals surface area contributed by atoms with Crippen LogP contribution in [-0.2, 0) is 6.54 Å². The Kier molecular flexibility index (Phi) is 5.85. The summed E-state index contributed by atoms with van der Waals surface area (Å²) in [5.41, 5.74) is 1.30. The highest BCUT2D eigenvalue weighted by Crippen LogP contribution is 2.38. The van der Waals surface area contributed by atoms with Gasteiger partial charge in [0.05, 0.1) is 25.5 Å². The first-order chi connectivity index (χ1) is 12.5. The Balaban J connectivity index is 1.77. The lowest BCUT2D eigenvalue weighted by molar-refractivity contribution is 0.0234. The van der Waals surface area contributed by atoms with Gasteiger partial charge in [0.25, 0.3) is 5.91 Å². The fraction of sp³-hybridized carbons (Fsp3) is 0.500. The van der Waals surface area contributed by atoms with Crippen molar-refractivity contribution in [3.63, 3.8) is 0 Å². The van der Waals surface area contributed by atoms with Crippen LogP contribution in [0.4, 0.5) is 0 Å². The van der Waals surface area contributed by atoms with E-state index in [0.29, 0.717) is 30.8 Å². The van der Waals surface area contributed by atoms with Crippen LogP contribution in [0.15, 0.2) is 23.8 Å². The molecule has 140 valence electrons. The summed E-state index contributed by atoms with van der Waals surface area (Å²) in [5.74, 6) is 0.603. The van der Waals surface area contributed by atoms with Crippen LogP contribution in [0.5, 0.6) is 5.75 Å². The third-order valence-electron chi connectivity index (χ3n) is 4.47. The zero-order chi connectivity index (χ0) is 18.7. The Morgan fingerprint density at radius 3 is 2.88 bits per heavy atom. The molecule has 3 rings (SSSR count). The van der Waals surface area contributed by atoms with E-state index < -0.39 is 0 Å². The quantitative estimate of drug-likeness (QED) is 0.767. The van der Waals surface area contributed by atoms with E-state index in [9.17, 15) is 9.90 Å². The maximum atomic E-state index is 12.7. The van der Waals surface area contributed by atoms with Crippen LogP contribution in [0.2, 0.25) is 0 Å². The van der Waals surface area contributed by atoms with Crippen LogP contribution in [0.1, 0.15) is 39.9 Å². The number of pyridine rings is 1. The molecule has 0 bridgehead atoms. The second kappa shape index (κ2) is 8.11. The number of hydrogen-bond acceptors (Lipinski definition) is 7. The second-order valence-corrected chi connectivity index (χ2v) is 7.80. The van der Waals surface area contributed by atoms with E-state index in [0.717, 1.165) is 10.6 Å². The largest absolute Gasteiger partial charge is 0.495 e. The van der Waals surface area contributed by atoms with Gasteiger partial charge in [-0.3, -0.25) is 9.78 Å². The molecule has 1 saturated carbocycles. The number of methoxy groups -OCH3 is 1. The van der Waals surface area contributed by atoms with Gasteiger partial charge in [-0.25, -0.2) is 4.98 Å². The summed E-state index contributed by atoms with van der Waals surface area (Å²) >= 11 is 1.48. The molecular weight excluding hydrogens is 352 g/mol. The van der Waals surface area contributed by atoms with Gasteiger partial charge in [-0.2, -0.15) is 0 Å². The molecule has 0 saturated heterocycles. The number of hydrogen-bond donors (Lipinski definition) is 2. The molecule has 1 atom stereocenters. The summed E-state index contributed by atoms with van der Waals surface area (Å²) in [7, 11) is 5.52. The number of rotatable bonds is 7. The van der Waals surface area contributed by atoms with Crippen molar-refractivity contribution in [3.8, 4) is 5.75 Å². The predicted octanol–water partition coefficient (Wildman–Crippen LogP) is 1.85. The lowest BCUT2D eigenvalue weighted by Gasteiger charge is -2.38. The molecule has 0 radical (unpaired) electrons. The second-order valence-electron chi connectivity index (χ2n) is 6.86. The SMILES string of the molecule is COc1cncc([C@@H](NC(=O)c2csc(CN(C)C)n2)C2CC(O)C2)c1. The van der Waals surface area contributed by atoms with Gasteiger partial charge in [0.15, 0.2) is 0 Å². The lowest BCUT2D eigenvalue weighted by Crippen LogP contribution is -2.41. The van der Waals surface area contributed by atoms with Gasteiger partial charge in [-0.15, -0.1) is 11.3 Å². The van der Waals surface area contributed by atoms with Crippen LogP contribution in [0.3, 0.4) is 0 Å². The van der Waals surface area contributed by atoms with Crippen molar-refractivity contribution in [2.75, 3.05) is 21.2 Å². The monoisotopic (exact) mass is 376 g/mol. The summed E-state index contributed by atoms with van der Waals surface area (Å²) in [6.45, 7) is 0.704. The minimum Gasteiger partial charge on any atom is -0.495 e. The van der Waals surface area contributed by atoms with E-state index >= 15 is 0 Å². The summed E-state index contributed by atoms with van der Waals surface area (Å²) in [5, 5.41) is 15.4. The third-order valence-corrected chi connectivity index (χ3v) is 5.31. The van der Waals surface area contributed by atoms with Crippen LogP contribution >= 0.6 is 11.3 Å². The lowest BCUT2D eigenvalue weighted by atomic mass is 9.75. The number of nitrogens with zero attached hydrogens (tertiary/aromatic N) is 3. The van der Waals surface area contributed by atoms with Crippen LogP contribution in [0, 0.1) is 5.92 Å². The number of aliphatic hydroxyl groups excluding tert-OH is 1. The summed E-state index contributed by atoms with van der Waals surface area (Å²) in [6, 6.07) is 1.65. The number of amides is 1. The van der Waals surface area contributed by atoms with Gasteiger partial charge in [0, 0.05) is 18.1 Å². The smallest absolute Gasteiger partial charge is 0.271 e. The van der Waals surface area contributed by atoms with E-state index in [1.165, 1.54) is 11.3 Å². The molecule has 1 aliphatic rings. The van der Waals surface area contributed by atoms with E-state index in [1.54, 1.807) is 24.9 Å². The Hall–Kier alpha value is -2.03. The van der Waals surface area contributed by atoms with Crippen molar-refractivity contribution >= 4 is 17.2 Å². The maximum Gasteiger partial charge on any atom is 0.271 e. The standard InChI is InChI=1S/C18H24N4O3S/c1-22(2)9-16-20-15(10-26-16)18(24)21-17(11-4-13(23)5-11)12-6-14(25-3)8-19-7-12/h6-8,10-11,13,17,23H,4-5,9H2,1-3H3,(H,21,24)/t11?,13?,17-/m0/s1. The number of aliphatic hydroxyl groups is 1. The van der Waals surface area contributed by atoms with E-state index in [2.05, 4.69) is 15.3 Å². The molecule has 0 aliphatic heterocycles. The minimum absolute atomic E-state index is 0.169. The molecule has 7 nitrogen and oxygen atoms in total. The molecule has 2 aromatic rings. The Labute approximate surface area is 157 Å². The molecule has 2 N–H and O–H groups in total. The van der Waals surface area contributed by atoms with Gasteiger partial charge in [0.1, 0.15) is 16.5 Å². The van der Waals surface area contributed by atoms with Crippen LogP contribution < -0.4 is 10.1 Å². The summed E-state index contributed by atoms with van der Waals surface area (Å²) in [4.78, 5) is 23.3. The number of ether oxygens (including phenoxy) is 1. The number of nitrogens with one attached hydrogen (secondary N) is 1. The summed E-state index contributed by atoms with van der Waals surface area (Å²) in [6.07, 6.45) is 4.38. The van der Waals surface area contributed by atoms with Gasteiger partial charge in [-0.1, -0.05) is 0 Å². The molecule has 8 heteroatoms. The Morgan fingerprint density at radius 2 is 2.23 bits per heavy atom. The molecule has 2 heterocycles. The molecule has 0 spiro atoms. The van der Waals surface area contributed by atoms with Crippen molar-refractivity contribution < 1.29 is 14.6 Å². The number of thiazole rings is 1. The molecular formula is C18H24N4O3S. The molecule has 0 aromatic carbocycles. The third kappa shape index (κ3) is 4.38. The topological polar surface area (TPSA) is 87.6 Å². The highest BCUT2D eigenvalue weighted by molar-refractivity contribution is 7.09. The van der Waals surface area contributed by atoms with Gasteiger partial charge >= 0.3 is 0 Å². The molecule has 1 fully saturated rings. The molecule has 1 aliphatic carbocycles. The Morgan fingerprint density at radius 1 is 1.46 bits per heavy atom. The fourth-order valence-electron chi connectivity index (χ4n) is 3.07. The van der Waals surface area contributed by atoms with E-state index in [1.807, 2.05) is 25.1 Å². The Bertz CT molecular complexity index is 758. The highest BCUT2D eigenvalue weighted by Gasteiger charge is 2.36. The van der Waals surface area contributed by atoms with E-state index in [4.69, 9.17) is 4.74 Å². The van der Waals surface area contributed by atoms with Crippen molar-refractivity contribution in [2.45, 2.75) is 31.5 Å². The molecule has 26 heavy (non-hydrogen) atoms. The zero-order valence-corrected chi connectivity index (χ0v) is 16.0. The fourth-order valence-corrected chi connectivity index (χ4v) is 3.96. The highest BCUT2D eigenvalue weighted by atomic mass is 32.1. The van der Waals surface area contributed by atoms with Gasteiger partial charge in [-0.05, 0) is 44.5 Å². The van der Waals surface area contributed by atoms with Crippen molar-refractivity contribution in [2.24, 2.45) is 5.92 Å². The predicted molar refractivity (Wildman–Crippen MR) is 99.2 cm³/mol. The first-order valence-corrected chi connectivity index (χ1v) is 9.41. The number of carbonyl (C=O) groups excluding carboxylic acids is 1. The van der Waals surface area contributed by atoms with Gasteiger partial charge in [0.2, 0.25) is 0 Å². The number of aromatic nitrogens is 2. The maximum absolute atomic E-state index is 12.7. The molecule has 2 aromatic heterocycles. The summed E-state index contributed by atoms with van der Waals surface area (Å²) < 4.78 is 5.25. The van der Waals surface area contributed by atoms with Crippen molar-refractivity contribution in [1.82, 2.24) is 20.2 Å². The van der Waals surface area contributed by atoms with Crippen LogP contribution in [0.25, 0.3) is 0 Å². The normalized spacial score (nSPS) is 20.5. The van der Waals surface area contributed by atoms with Crippen molar-refractivity contribution in [1.29, 1.82) is 0 Å². The van der Waals surface area contributed by atoms with Gasteiger partial charge < -0.3 is 20.1 Å². The molecule has 1 amide bonds. The number of carbonyl (C=O) groups is 1.